The fourth-order valence-electron chi connectivity index (χ4n) is 1.48. The smallest absolute Gasteiger partial charge is 0.247 e. The second-order valence-corrected chi connectivity index (χ2v) is 3.44. The van der Waals surface area contributed by atoms with Crippen LogP contribution in [0.3, 0.4) is 0 Å². The topological polar surface area (TPSA) is 64.2 Å². The van der Waals surface area contributed by atoms with E-state index in [1.54, 1.807) is 22.0 Å². The van der Waals surface area contributed by atoms with Gasteiger partial charge in [-0.1, -0.05) is 0 Å². The van der Waals surface area contributed by atoms with Gasteiger partial charge in [0.15, 0.2) is 0 Å². The largest absolute Gasteiger partial charge is 0.396 e. The molecular weight excluding hydrogens is 192 g/mol. The van der Waals surface area contributed by atoms with Crippen LogP contribution in [0.15, 0.2) is 12.4 Å². The lowest BCUT2D eigenvalue weighted by molar-refractivity contribution is -0.134. The zero-order chi connectivity index (χ0) is 11.4. The summed E-state index contributed by atoms with van der Waals surface area (Å²) in [5.41, 5.74) is 6.13. The summed E-state index contributed by atoms with van der Waals surface area (Å²) in [4.78, 5) is 13.7. The molecule has 0 bridgehead atoms. The summed E-state index contributed by atoms with van der Waals surface area (Å²) in [6.07, 6.45) is 3.22. The van der Waals surface area contributed by atoms with E-state index in [2.05, 4.69) is 5.10 Å². The Labute approximate surface area is 89.9 Å². The van der Waals surface area contributed by atoms with Gasteiger partial charge in [-0.25, -0.2) is 0 Å². The average molecular weight is 210 g/mol. The molecule has 2 N–H and O–H groups in total. The molecule has 0 spiro atoms. The highest BCUT2D eigenvalue weighted by Crippen LogP contribution is 2.10. The van der Waals surface area contributed by atoms with Gasteiger partial charge in [0, 0.05) is 19.3 Å². The van der Waals surface area contributed by atoms with Crippen molar-refractivity contribution in [2.45, 2.75) is 26.8 Å². The molecule has 1 aromatic rings. The summed E-state index contributed by atoms with van der Waals surface area (Å²) in [5, 5.41) is 4.03. The first-order valence-corrected chi connectivity index (χ1v) is 5.18. The van der Waals surface area contributed by atoms with E-state index in [1.165, 1.54) is 0 Å². The Morgan fingerprint density at radius 3 is 2.60 bits per heavy atom. The van der Waals surface area contributed by atoms with E-state index >= 15 is 0 Å². The molecule has 0 aliphatic rings. The molecule has 0 saturated heterocycles. The van der Waals surface area contributed by atoms with E-state index in [4.69, 9.17) is 5.73 Å². The van der Waals surface area contributed by atoms with Gasteiger partial charge in [-0.05, 0) is 20.8 Å². The maximum Gasteiger partial charge on any atom is 0.247 e. The van der Waals surface area contributed by atoms with Crippen molar-refractivity contribution in [2.75, 3.05) is 18.8 Å². The van der Waals surface area contributed by atoms with Gasteiger partial charge in [0.1, 0.15) is 6.04 Å². The maximum absolute atomic E-state index is 11.9. The fraction of sp³-hybridized carbons (Fsp3) is 0.600. The van der Waals surface area contributed by atoms with Crippen LogP contribution in [0.25, 0.3) is 0 Å². The lowest BCUT2D eigenvalue weighted by atomic mass is 10.3. The number of nitrogen functional groups attached to an aromatic ring is 1. The van der Waals surface area contributed by atoms with Crippen LogP contribution in [0.2, 0.25) is 0 Å². The van der Waals surface area contributed by atoms with Crippen LogP contribution in [-0.4, -0.2) is 33.7 Å². The first-order chi connectivity index (χ1) is 7.10. The number of amides is 1. The molecule has 0 radical (unpaired) electrons. The van der Waals surface area contributed by atoms with Crippen LogP contribution in [0.1, 0.15) is 26.8 Å². The maximum atomic E-state index is 11.9. The van der Waals surface area contributed by atoms with Gasteiger partial charge in [-0.15, -0.1) is 0 Å². The quantitative estimate of drug-likeness (QED) is 0.802. The number of anilines is 1. The molecule has 0 fully saturated rings. The van der Waals surface area contributed by atoms with Crippen molar-refractivity contribution in [1.29, 1.82) is 0 Å². The zero-order valence-corrected chi connectivity index (χ0v) is 9.47. The molecule has 1 rings (SSSR count). The van der Waals surface area contributed by atoms with Crippen LogP contribution in [0, 0.1) is 0 Å². The Morgan fingerprint density at radius 2 is 2.20 bits per heavy atom. The Morgan fingerprint density at radius 1 is 1.60 bits per heavy atom. The number of carbonyl (C=O) groups is 1. The molecule has 1 amide bonds. The number of nitrogens with two attached hydrogens (primary N) is 1. The Kier molecular flexibility index (Phi) is 3.71. The van der Waals surface area contributed by atoms with Gasteiger partial charge in [0.2, 0.25) is 5.91 Å². The van der Waals surface area contributed by atoms with Gasteiger partial charge >= 0.3 is 0 Å². The zero-order valence-electron chi connectivity index (χ0n) is 9.47. The molecule has 1 aromatic heterocycles. The number of hydrogen-bond donors (Lipinski definition) is 1. The molecule has 0 saturated carbocycles. The van der Waals surface area contributed by atoms with Gasteiger partial charge in [-0.3, -0.25) is 9.48 Å². The van der Waals surface area contributed by atoms with Crippen LogP contribution < -0.4 is 5.73 Å². The average Bonchev–Trinajstić information content (AvgIpc) is 2.65. The molecule has 0 aliphatic heterocycles. The molecule has 1 atom stereocenters. The summed E-state index contributed by atoms with van der Waals surface area (Å²) >= 11 is 0. The minimum absolute atomic E-state index is 0.0723. The summed E-state index contributed by atoms with van der Waals surface area (Å²) in [7, 11) is 0. The van der Waals surface area contributed by atoms with Crippen molar-refractivity contribution in [1.82, 2.24) is 14.7 Å². The highest BCUT2D eigenvalue weighted by atomic mass is 16.2. The highest BCUT2D eigenvalue weighted by Gasteiger charge is 2.19. The number of rotatable bonds is 4. The normalized spacial score (nSPS) is 12.5. The van der Waals surface area contributed by atoms with Gasteiger partial charge in [0.25, 0.3) is 0 Å². The monoisotopic (exact) mass is 210 g/mol. The summed E-state index contributed by atoms with van der Waals surface area (Å²) < 4.78 is 1.59. The standard InChI is InChI=1S/C10H18N4O/c1-4-13(5-2)10(15)8(3)14-7-9(11)6-12-14/h6-8H,4-5,11H2,1-3H3. The minimum Gasteiger partial charge on any atom is -0.396 e. The molecular formula is C10H18N4O. The first kappa shape index (κ1) is 11.6. The van der Waals surface area contributed by atoms with Crippen LogP contribution >= 0.6 is 0 Å². The number of hydrogen-bond acceptors (Lipinski definition) is 3. The molecule has 5 nitrogen and oxygen atoms in total. The van der Waals surface area contributed by atoms with Gasteiger partial charge in [-0.2, -0.15) is 5.10 Å². The highest BCUT2D eigenvalue weighted by molar-refractivity contribution is 5.80. The SMILES string of the molecule is CCN(CC)C(=O)C(C)n1cc(N)cn1. The summed E-state index contributed by atoms with van der Waals surface area (Å²) in [6, 6.07) is -0.290. The third-order valence-corrected chi connectivity index (χ3v) is 2.45. The molecule has 1 unspecified atom stereocenters. The van der Waals surface area contributed by atoms with E-state index < -0.39 is 0 Å². The van der Waals surface area contributed by atoms with E-state index in [9.17, 15) is 4.79 Å². The van der Waals surface area contributed by atoms with Crippen LogP contribution in [-0.2, 0) is 4.79 Å². The second kappa shape index (κ2) is 4.82. The summed E-state index contributed by atoms with van der Waals surface area (Å²) in [6.45, 7) is 7.19. The van der Waals surface area contributed by atoms with Crippen molar-refractivity contribution in [3.05, 3.63) is 12.4 Å². The van der Waals surface area contributed by atoms with E-state index in [0.717, 1.165) is 13.1 Å². The molecule has 0 aromatic carbocycles. The second-order valence-electron chi connectivity index (χ2n) is 3.44. The van der Waals surface area contributed by atoms with Gasteiger partial charge in [0.05, 0.1) is 11.9 Å². The molecule has 0 aliphatic carbocycles. The van der Waals surface area contributed by atoms with E-state index in [-0.39, 0.29) is 11.9 Å². The van der Waals surface area contributed by atoms with Crippen molar-refractivity contribution in [3.8, 4) is 0 Å². The predicted octanol–water partition coefficient (Wildman–Crippen LogP) is 0.895. The summed E-state index contributed by atoms with van der Waals surface area (Å²) in [5.74, 6) is 0.0723. The van der Waals surface area contributed by atoms with Crippen LogP contribution in [0.5, 0.6) is 0 Å². The Hall–Kier alpha value is -1.52. The lowest BCUT2D eigenvalue weighted by Crippen LogP contribution is -2.36. The van der Waals surface area contributed by atoms with E-state index in [0.29, 0.717) is 5.69 Å². The number of carbonyl (C=O) groups excluding carboxylic acids is 1. The third kappa shape index (κ3) is 2.49. The van der Waals surface area contributed by atoms with Crippen molar-refractivity contribution >= 4 is 11.6 Å². The number of likely N-dealkylation sites (N-methyl/N-ethyl adjacent to an activating group) is 1. The Bertz CT molecular complexity index is 330. The Balaban J connectivity index is 2.76. The number of aromatic nitrogens is 2. The molecule has 5 heteroatoms. The van der Waals surface area contributed by atoms with Crippen LogP contribution in [0.4, 0.5) is 5.69 Å². The van der Waals surface area contributed by atoms with Crippen molar-refractivity contribution in [2.24, 2.45) is 0 Å². The lowest BCUT2D eigenvalue weighted by Gasteiger charge is -2.22. The number of nitrogens with zero attached hydrogens (tertiary/aromatic N) is 3. The third-order valence-electron chi connectivity index (χ3n) is 2.45. The van der Waals surface area contributed by atoms with Crippen molar-refractivity contribution < 1.29 is 4.79 Å². The minimum atomic E-state index is -0.290. The van der Waals surface area contributed by atoms with Crippen molar-refractivity contribution in [3.63, 3.8) is 0 Å². The van der Waals surface area contributed by atoms with E-state index in [1.807, 2.05) is 20.8 Å². The molecule has 84 valence electrons. The fourth-order valence-corrected chi connectivity index (χ4v) is 1.48. The molecule has 15 heavy (non-hydrogen) atoms. The van der Waals surface area contributed by atoms with Gasteiger partial charge < -0.3 is 10.6 Å². The first-order valence-electron chi connectivity index (χ1n) is 5.18. The molecule has 1 heterocycles. The predicted molar refractivity (Wildman–Crippen MR) is 59.3 cm³/mol.